The van der Waals surface area contributed by atoms with Crippen molar-refractivity contribution in [2.45, 2.75) is 13.5 Å². The highest BCUT2D eigenvalue weighted by Gasteiger charge is 2.19. The van der Waals surface area contributed by atoms with Crippen molar-refractivity contribution in [3.63, 3.8) is 0 Å². The second kappa shape index (κ2) is 7.06. The summed E-state index contributed by atoms with van der Waals surface area (Å²) in [6.07, 6.45) is 0. The highest BCUT2D eigenvalue weighted by molar-refractivity contribution is 5.96. The molecule has 0 atom stereocenters. The fourth-order valence-electron chi connectivity index (χ4n) is 2.93. The highest BCUT2D eigenvalue weighted by Crippen LogP contribution is 2.23. The van der Waals surface area contributed by atoms with E-state index in [1.54, 1.807) is 12.1 Å². The zero-order chi connectivity index (χ0) is 17.1. The van der Waals surface area contributed by atoms with E-state index in [0.29, 0.717) is 17.7 Å². The number of amides is 1. The first-order valence-electron chi connectivity index (χ1n) is 8.02. The van der Waals surface area contributed by atoms with E-state index in [0.717, 1.165) is 32.7 Å². The normalized spacial score (nSPS) is 16.4. The predicted molar refractivity (Wildman–Crippen MR) is 87.7 cm³/mol. The molecule has 128 valence electrons. The highest BCUT2D eigenvalue weighted by atomic mass is 19.1. The van der Waals surface area contributed by atoms with Crippen molar-refractivity contribution in [1.29, 1.82) is 0 Å². The minimum absolute atomic E-state index is 0.0119. The van der Waals surface area contributed by atoms with Crippen LogP contribution in [0.1, 0.15) is 23.0 Å². The number of nitrogens with two attached hydrogens (primary N) is 1. The lowest BCUT2D eigenvalue weighted by atomic mass is 10.1. The van der Waals surface area contributed by atoms with Gasteiger partial charge in [-0.2, -0.15) is 15.4 Å². The molecule has 1 amide bonds. The van der Waals surface area contributed by atoms with Gasteiger partial charge in [-0.05, 0) is 12.6 Å². The Labute approximate surface area is 139 Å². The molecule has 0 aliphatic carbocycles. The third-order valence-corrected chi connectivity index (χ3v) is 4.41. The summed E-state index contributed by atoms with van der Waals surface area (Å²) in [5, 5.41) is 9.95. The minimum Gasteiger partial charge on any atom is -0.364 e. The first-order valence-corrected chi connectivity index (χ1v) is 8.02. The van der Waals surface area contributed by atoms with E-state index < -0.39 is 5.91 Å². The largest absolute Gasteiger partial charge is 0.364 e. The number of likely N-dealkylation sites (N-methyl/N-ethyl adjacent to an activating group) is 1. The lowest BCUT2D eigenvalue weighted by Gasteiger charge is -2.34. The Morgan fingerprint density at radius 2 is 1.96 bits per heavy atom. The number of piperazine rings is 1. The van der Waals surface area contributed by atoms with Gasteiger partial charge in [-0.15, -0.1) is 0 Å². The molecule has 3 N–H and O–H groups in total. The Balaban J connectivity index is 1.73. The standard InChI is InChI=1S/C16H21FN6O/c1-2-22-5-7-23(8-6-22)10-12-4-3-11(9-13(12)17)14-15(16(18)24)20-21-19-14/h3-4,9H,2,5-8,10H2,1H3,(H2,18,24)(H,19,20,21). The average Bonchev–Trinajstić information content (AvgIpc) is 3.07. The predicted octanol–water partition coefficient (Wildman–Crippen LogP) is 0.847. The Kier molecular flexibility index (Phi) is 4.86. The van der Waals surface area contributed by atoms with E-state index in [4.69, 9.17) is 5.73 Å². The number of hydrogen-bond donors (Lipinski definition) is 2. The van der Waals surface area contributed by atoms with Crippen molar-refractivity contribution < 1.29 is 9.18 Å². The maximum atomic E-state index is 14.5. The molecule has 1 saturated heterocycles. The number of rotatable bonds is 5. The molecule has 2 aromatic rings. The number of halogens is 1. The molecule has 0 radical (unpaired) electrons. The van der Waals surface area contributed by atoms with Gasteiger partial charge in [0.05, 0.1) is 0 Å². The van der Waals surface area contributed by atoms with Gasteiger partial charge in [-0.25, -0.2) is 4.39 Å². The molecule has 24 heavy (non-hydrogen) atoms. The van der Waals surface area contributed by atoms with E-state index >= 15 is 0 Å². The number of carbonyl (C=O) groups excluding carboxylic acids is 1. The fraction of sp³-hybridized carbons (Fsp3) is 0.438. The van der Waals surface area contributed by atoms with Gasteiger partial charge in [0, 0.05) is 43.9 Å². The van der Waals surface area contributed by atoms with Gasteiger partial charge in [0.15, 0.2) is 5.69 Å². The van der Waals surface area contributed by atoms with Gasteiger partial charge in [-0.3, -0.25) is 9.69 Å². The second-order valence-electron chi connectivity index (χ2n) is 5.90. The van der Waals surface area contributed by atoms with Crippen LogP contribution in [0.5, 0.6) is 0 Å². The quantitative estimate of drug-likeness (QED) is 0.847. The van der Waals surface area contributed by atoms with Gasteiger partial charge < -0.3 is 10.6 Å². The Bertz CT molecular complexity index is 723. The lowest BCUT2D eigenvalue weighted by molar-refractivity contribution is 0.0996. The number of nitrogens with zero attached hydrogens (tertiary/aromatic N) is 4. The van der Waals surface area contributed by atoms with Crippen molar-refractivity contribution >= 4 is 5.91 Å². The smallest absolute Gasteiger partial charge is 0.271 e. The third kappa shape index (κ3) is 3.44. The van der Waals surface area contributed by atoms with Crippen LogP contribution in [0.4, 0.5) is 4.39 Å². The summed E-state index contributed by atoms with van der Waals surface area (Å²) in [7, 11) is 0. The Hall–Kier alpha value is -2.32. The van der Waals surface area contributed by atoms with E-state index in [1.165, 1.54) is 6.07 Å². The summed E-state index contributed by atoms with van der Waals surface area (Å²) < 4.78 is 14.5. The number of primary amides is 1. The molecular weight excluding hydrogens is 311 g/mol. The van der Waals surface area contributed by atoms with Crippen LogP contribution in [0.15, 0.2) is 18.2 Å². The van der Waals surface area contributed by atoms with Crippen molar-refractivity contribution in [2.75, 3.05) is 32.7 Å². The third-order valence-electron chi connectivity index (χ3n) is 4.41. The monoisotopic (exact) mass is 332 g/mol. The summed E-state index contributed by atoms with van der Waals surface area (Å²) >= 11 is 0. The average molecular weight is 332 g/mol. The van der Waals surface area contributed by atoms with Crippen LogP contribution in [-0.2, 0) is 6.54 Å². The summed E-state index contributed by atoms with van der Waals surface area (Å²) in [5.74, 6) is -1.01. The van der Waals surface area contributed by atoms with Crippen molar-refractivity contribution in [3.8, 4) is 11.3 Å². The summed E-state index contributed by atoms with van der Waals surface area (Å²) in [4.78, 5) is 15.9. The number of nitrogens with one attached hydrogen (secondary N) is 1. The van der Waals surface area contributed by atoms with E-state index in [9.17, 15) is 9.18 Å². The lowest BCUT2D eigenvalue weighted by Crippen LogP contribution is -2.45. The molecule has 0 unspecified atom stereocenters. The number of benzene rings is 1. The van der Waals surface area contributed by atoms with Gasteiger partial charge in [0.2, 0.25) is 0 Å². The van der Waals surface area contributed by atoms with Crippen molar-refractivity contribution in [3.05, 3.63) is 35.3 Å². The molecule has 1 aromatic carbocycles. The molecule has 1 aliphatic heterocycles. The maximum Gasteiger partial charge on any atom is 0.271 e. The second-order valence-corrected chi connectivity index (χ2v) is 5.90. The summed E-state index contributed by atoms with van der Waals surface area (Å²) in [6, 6.07) is 4.85. The van der Waals surface area contributed by atoms with E-state index in [1.807, 2.05) is 0 Å². The van der Waals surface area contributed by atoms with Crippen LogP contribution in [0.25, 0.3) is 11.3 Å². The van der Waals surface area contributed by atoms with E-state index in [2.05, 4.69) is 32.1 Å². The van der Waals surface area contributed by atoms with Crippen LogP contribution in [0.2, 0.25) is 0 Å². The molecule has 0 saturated carbocycles. The van der Waals surface area contributed by atoms with Gasteiger partial charge in [0.1, 0.15) is 11.5 Å². The van der Waals surface area contributed by atoms with Crippen LogP contribution >= 0.6 is 0 Å². The van der Waals surface area contributed by atoms with E-state index in [-0.39, 0.29) is 17.2 Å². The molecule has 3 rings (SSSR count). The molecule has 8 heteroatoms. The Morgan fingerprint density at radius 3 is 2.58 bits per heavy atom. The molecule has 1 aliphatic rings. The zero-order valence-corrected chi connectivity index (χ0v) is 13.6. The maximum absolute atomic E-state index is 14.5. The Morgan fingerprint density at radius 1 is 1.25 bits per heavy atom. The number of hydrogen-bond acceptors (Lipinski definition) is 5. The topological polar surface area (TPSA) is 91.1 Å². The molecule has 2 heterocycles. The van der Waals surface area contributed by atoms with Gasteiger partial charge in [0.25, 0.3) is 5.91 Å². The minimum atomic E-state index is -0.697. The molecule has 0 bridgehead atoms. The van der Waals surface area contributed by atoms with Crippen LogP contribution in [-0.4, -0.2) is 63.8 Å². The number of H-pyrrole nitrogens is 1. The molecule has 1 fully saturated rings. The fourth-order valence-corrected chi connectivity index (χ4v) is 2.93. The molecule has 7 nitrogen and oxygen atoms in total. The number of carbonyl (C=O) groups is 1. The van der Waals surface area contributed by atoms with Gasteiger partial charge >= 0.3 is 0 Å². The number of aromatic amines is 1. The molecule has 1 aromatic heterocycles. The van der Waals surface area contributed by atoms with Crippen molar-refractivity contribution in [2.24, 2.45) is 5.73 Å². The van der Waals surface area contributed by atoms with Crippen molar-refractivity contribution in [1.82, 2.24) is 25.2 Å². The first-order chi connectivity index (χ1) is 11.6. The first kappa shape index (κ1) is 16.5. The van der Waals surface area contributed by atoms with Crippen LogP contribution < -0.4 is 5.73 Å². The van der Waals surface area contributed by atoms with Crippen LogP contribution in [0, 0.1) is 5.82 Å². The number of aromatic nitrogens is 3. The SMILES string of the molecule is CCN1CCN(Cc2ccc(-c3n[nH]nc3C(N)=O)cc2F)CC1. The van der Waals surface area contributed by atoms with Gasteiger partial charge in [-0.1, -0.05) is 19.1 Å². The molecule has 0 spiro atoms. The zero-order valence-electron chi connectivity index (χ0n) is 13.6. The summed E-state index contributed by atoms with van der Waals surface area (Å²) in [5.41, 5.74) is 6.64. The van der Waals surface area contributed by atoms with Crippen LogP contribution in [0.3, 0.4) is 0 Å². The molecular formula is C16H21FN6O. The summed E-state index contributed by atoms with van der Waals surface area (Å²) in [6.45, 7) is 7.67.